The lowest BCUT2D eigenvalue weighted by Crippen LogP contribution is -2.39. The molecule has 0 fully saturated rings. The molecule has 0 aliphatic heterocycles. The van der Waals surface area contributed by atoms with Gasteiger partial charge in [-0.15, -0.1) is 0 Å². The normalized spacial score (nSPS) is 13.1. The maximum absolute atomic E-state index is 12.5. The highest BCUT2D eigenvalue weighted by Gasteiger charge is 2.33. The Labute approximate surface area is 117 Å². The molecule has 0 atom stereocenters. The van der Waals surface area contributed by atoms with Crippen molar-refractivity contribution in [2.24, 2.45) is 0 Å². The quantitative estimate of drug-likeness (QED) is 0.904. The molecule has 0 bridgehead atoms. The molecular weight excluding hydrogens is 271 g/mol. The molecule has 0 saturated carbocycles. The fourth-order valence-corrected chi connectivity index (χ4v) is 1.53. The molecule has 1 heterocycles. The van der Waals surface area contributed by atoms with E-state index in [4.69, 9.17) is 4.42 Å². The van der Waals surface area contributed by atoms with E-state index in [2.05, 4.69) is 10.3 Å². The maximum atomic E-state index is 12.5. The Morgan fingerprint density at radius 1 is 1.30 bits per heavy atom. The third kappa shape index (κ3) is 5.81. The van der Waals surface area contributed by atoms with Gasteiger partial charge in [0.15, 0.2) is 0 Å². The summed E-state index contributed by atoms with van der Waals surface area (Å²) in [4.78, 5) is 5.21. The van der Waals surface area contributed by atoms with Gasteiger partial charge in [0.1, 0.15) is 12.8 Å². The van der Waals surface area contributed by atoms with Crippen molar-refractivity contribution in [3.8, 4) is 0 Å². The second kappa shape index (κ2) is 6.03. The van der Waals surface area contributed by atoms with Crippen molar-refractivity contribution < 1.29 is 17.6 Å². The predicted octanol–water partition coefficient (Wildman–Crippen LogP) is 3.34. The van der Waals surface area contributed by atoms with Crippen LogP contribution in [0.15, 0.2) is 10.7 Å². The van der Waals surface area contributed by atoms with E-state index < -0.39 is 12.7 Å². The molecule has 116 valence electrons. The van der Waals surface area contributed by atoms with Crippen molar-refractivity contribution in [3.05, 3.63) is 12.0 Å². The van der Waals surface area contributed by atoms with Gasteiger partial charge in [-0.3, -0.25) is 0 Å². The van der Waals surface area contributed by atoms with E-state index in [1.165, 1.54) is 6.26 Å². The second-order valence-electron chi connectivity index (χ2n) is 6.06. The third-order valence-corrected chi connectivity index (χ3v) is 2.56. The zero-order valence-electron chi connectivity index (χ0n) is 12.5. The molecule has 7 heteroatoms. The van der Waals surface area contributed by atoms with Crippen LogP contribution in [0.1, 0.15) is 40.3 Å². The first-order chi connectivity index (χ1) is 8.98. The topological polar surface area (TPSA) is 41.3 Å². The van der Waals surface area contributed by atoms with Gasteiger partial charge in [-0.25, -0.2) is 0 Å². The van der Waals surface area contributed by atoms with Crippen LogP contribution in [0.2, 0.25) is 0 Å². The van der Waals surface area contributed by atoms with Gasteiger partial charge >= 0.3 is 6.18 Å². The Hall–Kier alpha value is -1.24. The summed E-state index contributed by atoms with van der Waals surface area (Å²) in [5.74, 6) is 0. The lowest BCUT2D eigenvalue weighted by Gasteiger charge is -2.25. The van der Waals surface area contributed by atoms with Crippen LogP contribution in [0, 0.1) is 0 Å². The Kier molecular flexibility index (Phi) is 5.07. The second-order valence-corrected chi connectivity index (χ2v) is 6.06. The standard InChI is InChI=1S/C13H22F3N3O/c1-9(2)19(8-13(14,15)16)11-18-10(7-20-11)6-17-12(3,4)5/h7,9,17H,6,8H2,1-5H3. The lowest BCUT2D eigenvalue weighted by molar-refractivity contribution is -0.121. The molecule has 4 nitrogen and oxygen atoms in total. The third-order valence-electron chi connectivity index (χ3n) is 2.56. The van der Waals surface area contributed by atoms with Crippen molar-refractivity contribution in [3.63, 3.8) is 0 Å². The number of aromatic nitrogens is 1. The molecule has 0 aliphatic carbocycles. The molecule has 1 aromatic rings. The lowest BCUT2D eigenvalue weighted by atomic mass is 10.1. The largest absolute Gasteiger partial charge is 0.432 e. The van der Waals surface area contributed by atoms with E-state index in [1.807, 2.05) is 20.8 Å². The molecule has 1 N–H and O–H groups in total. The van der Waals surface area contributed by atoms with Gasteiger partial charge in [-0.05, 0) is 34.6 Å². The fraction of sp³-hybridized carbons (Fsp3) is 0.769. The average Bonchev–Trinajstić information content (AvgIpc) is 2.69. The van der Waals surface area contributed by atoms with Crippen molar-refractivity contribution in [2.45, 2.75) is 58.9 Å². The van der Waals surface area contributed by atoms with Crippen LogP contribution >= 0.6 is 0 Å². The molecule has 0 aliphatic rings. The first-order valence-corrected chi connectivity index (χ1v) is 6.51. The van der Waals surface area contributed by atoms with E-state index >= 15 is 0 Å². The number of alkyl halides is 3. The number of rotatable bonds is 5. The number of nitrogens with one attached hydrogen (secondary N) is 1. The van der Waals surface area contributed by atoms with Gasteiger partial charge in [0.25, 0.3) is 6.01 Å². The molecule has 0 unspecified atom stereocenters. The Bertz CT molecular complexity index is 421. The van der Waals surface area contributed by atoms with Gasteiger partial charge in [-0.1, -0.05) is 0 Å². The van der Waals surface area contributed by atoms with Crippen molar-refractivity contribution in [2.75, 3.05) is 11.4 Å². The fourth-order valence-electron chi connectivity index (χ4n) is 1.53. The summed E-state index contributed by atoms with van der Waals surface area (Å²) < 4.78 is 42.8. The minimum Gasteiger partial charge on any atom is -0.432 e. The van der Waals surface area contributed by atoms with E-state index in [0.29, 0.717) is 12.2 Å². The van der Waals surface area contributed by atoms with Crippen LogP contribution in [0.25, 0.3) is 0 Å². The molecule has 20 heavy (non-hydrogen) atoms. The molecule has 0 saturated heterocycles. The maximum Gasteiger partial charge on any atom is 0.406 e. The van der Waals surface area contributed by atoms with Crippen molar-refractivity contribution >= 4 is 6.01 Å². The molecule has 0 aromatic carbocycles. The number of oxazole rings is 1. The van der Waals surface area contributed by atoms with E-state index in [0.717, 1.165) is 4.90 Å². The molecular formula is C13H22F3N3O. The van der Waals surface area contributed by atoms with Crippen LogP contribution in [0.3, 0.4) is 0 Å². The highest BCUT2D eigenvalue weighted by atomic mass is 19.4. The highest BCUT2D eigenvalue weighted by molar-refractivity contribution is 5.29. The summed E-state index contributed by atoms with van der Waals surface area (Å²) in [7, 11) is 0. The molecule has 0 amide bonds. The molecule has 1 aromatic heterocycles. The number of anilines is 1. The first-order valence-electron chi connectivity index (χ1n) is 6.51. The number of hydrogen-bond acceptors (Lipinski definition) is 4. The Morgan fingerprint density at radius 3 is 2.35 bits per heavy atom. The van der Waals surface area contributed by atoms with Crippen LogP contribution in [0.5, 0.6) is 0 Å². The monoisotopic (exact) mass is 293 g/mol. The summed E-state index contributed by atoms with van der Waals surface area (Å²) in [6.07, 6.45) is -2.90. The molecule has 0 spiro atoms. The summed E-state index contributed by atoms with van der Waals surface area (Å²) in [6.45, 7) is 8.71. The highest BCUT2D eigenvalue weighted by Crippen LogP contribution is 2.23. The summed E-state index contributed by atoms with van der Waals surface area (Å²) in [5.41, 5.74) is 0.491. The van der Waals surface area contributed by atoms with E-state index in [9.17, 15) is 13.2 Å². The Balaban J connectivity index is 2.76. The van der Waals surface area contributed by atoms with Crippen molar-refractivity contribution in [1.82, 2.24) is 10.3 Å². The van der Waals surface area contributed by atoms with E-state index in [1.54, 1.807) is 13.8 Å². The van der Waals surface area contributed by atoms with Gasteiger partial charge in [0.2, 0.25) is 0 Å². The average molecular weight is 293 g/mol. The van der Waals surface area contributed by atoms with Gasteiger partial charge < -0.3 is 14.6 Å². The predicted molar refractivity (Wildman–Crippen MR) is 71.6 cm³/mol. The number of hydrogen-bond donors (Lipinski definition) is 1. The smallest absolute Gasteiger partial charge is 0.406 e. The SMILES string of the molecule is CC(C)N(CC(F)(F)F)c1nc(CNC(C)(C)C)co1. The molecule has 0 radical (unpaired) electrons. The summed E-state index contributed by atoms with van der Waals surface area (Å²) in [5, 5.41) is 3.20. The summed E-state index contributed by atoms with van der Waals surface area (Å²) in [6, 6.07) is -0.346. The zero-order chi connectivity index (χ0) is 15.6. The van der Waals surface area contributed by atoms with Crippen LogP contribution < -0.4 is 10.2 Å². The Morgan fingerprint density at radius 2 is 1.90 bits per heavy atom. The number of nitrogens with zero attached hydrogens (tertiary/aromatic N) is 2. The van der Waals surface area contributed by atoms with Crippen molar-refractivity contribution in [1.29, 1.82) is 0 Å². The van der Waals surface area contributed by atoms with Gasteiger partial charge in [0, 0.05) is 18.1 Å². The first kappa shape index (κ1) is 16.8. The van der Waals surface area contributed by atoms with Gasteiger partial charge in [-0.2, -0.15) is 18.2 Å². The van der Waals surface area contributed by atoms with Crippen LogP contribution in [-0.4, -0.2) is 29.3 Å². The number of halogens is 3. The summed E-state index contributed by atoms with van der Waals surface area (Å²) >= 11 is 0. The van der Waals surface area contributed by atoms with E-state index in [-0.39, 0.29) is 17.6 Å². The minimum absolute atomic E-state index is 0.00281. The van der Waals surface area contributed by atoms with Crippen LogP contribution in [-0.2, 0) is 6.54 Å². The zero-order valence-corrected chi connectivity index (χ0v) is 12.5. The van der Waals surface area contributed by atoms with Crippen LogP contribution in [0.4, 0.5) is 19.2 Å². The molecule has 1 rings (SSSR count). The van der Waals surface area contributed by atoms with Gasteiger partial charge in [0.05, 0.1) is 5.69 Å². The minimum atomic E-state index is -4.29.